The first-order chi connectivity index (χ1) is 14.6. The molecule has 3 aliphatic rings. The SMILES string of the molecule is O=C(C=Cc1cnc2c(c1)CC1(COC1)C(=O)N2)N1CCC(=Cc2ncsn2)CC1. The fourth-order valence-electron chi connectivity index (χ4n) is 3.99. The Labute approximate surface area is 177 Å². The fraction of sp³-hybridized carbons (Fsp3) is 0.381. The molecule has 2 aromatic rings. The summed E-state index contributed by atoms with van der Waals surface area (Å²) in [6.07, 6.45) is 9.38. The highest BCUT2D eigenvalue weighted by molar-refractivity contribution is 7.03. The summed E-state index contributed by atoms with van der Waals surface area (Å²) < 4.78 is 9.46. The first-order valence-corrected chi connectivity index (χ1v) is 10.8. The van der Waals surface area contributed by atoms with Crippen LogP contribution in [0, 0.1) is 5.41 Å². The fourth-order valence-corrected chi connectivity index (χ4v) is 4.40. The number of ether oxygens (including phenoxy) is 1. The maximum absolute atomic E-state index is 12.6. The first kappa shape index (κ1) is 19.1. The zero-order valence-corrected chi connectivity index (χ0v) is 17.2. The van der Waals surface area contributed by atoms with Crippen molar-refractivity contribution >= 4 is 41.3 Å². The molecule has 0 aromatic carbocycles. The van der Waals surface area contributed by atoms with E-state index >= 15 is 0 Å². The van der Waals surface area contributed by atoms with Crippen molar-refractivity contribution in [1.82, 2.24) is 19.2 Å². The largest absolute Gasteiger partial charge is 0.379 e. The quantitative estimate of drug-likeness (QED) is 0.760. The molecule has 154 valence electrons. The van der Waals surface area contributed by atoms with Crippen LogP contribution in [-0.2, 0) is 20.7 Å². The van der Waals surface area contributed by atoms with Gasteiger partial charge >= 0.3 is 0 Å². The number of rotatable bonds is 3. The molecule has 5 rings (SSSR count). The zero-order valence-electron chi connectivity index (χ0n) is 16.3. The number of piperidine rings is 1. The molecule has 3 aliphatic heterocycles. The number of nitrogens with one attached hydrogen (secondary N) is 1. The van der Waals surface area contributed by atoms with Crippen LogP contribution in [0.15, 0.2) is 29.4 Å². The lowest BCUT2D eigenvalue weighted by atomic mass is 9.76. The van der Waals surface area contributed by atoms with Gasteiger partial charge in [0.15, 0.2) is 5.82 Å². The van der Waals surface area contributed by atoms with E-state index < -0.39 is 5.41 Å². The Hall–Kier alpha value is -2.91. The van der Waals surface area contributed by atoms with Gasteiger partial charge in [0.2, 0.25) is 11.8 Å². The van der Waals surface area contributed by atoms with Gasteiger partial charge in [0, 0.05) is 25.4 Å². The van der Waals surface area contributed by atoms with Crippen molar-refractivity contribution in [3.8, 4) is 0 Å². The third kappa shape index (κ3) is 3.66. The molecular formula is C21H21N5O3S. The number of hydrogen-bond donors (Lipinski definition) is 1. The Morgan fingerprint density at radius 3 is 2.80 bits per heavy atom. The number of carbonyl (C=O) groups is 2. The molecule has 0 saturated carbocycles. The van der Waals surface area contributed by atoms with Gasteiger partial charge in [-0.3, -0.25) is 9.59 Å². The Morgan fingerprint density at radius 2 is 2.10 bits per heavy atom. The average Bonchev–Trinajstić information content (AvgIpc) is 3.24. The second-order valence-electron chi connectivity index (χ2n) is 7.93. The number of aromatic nitrogens is 3. The number of anilines is 1. The molecule has 30 heavy (non-hydrogen) atoms. The monoisotopic (exact) mass is 423 g/mol. The molecule has 9 heteroatoms. The van der Waals surface area contributed by atoms with Crippen molar-refractivity contribution in [3.05, 3.63) is 46.4 Å². The summed E-state index contributed by atoms with van der Waals surface area (Å²) in [7, 11) is 0. The van der Waals surface area contributed by atoms with Gasteiger partial charge < -0.3 is 15.0 Å². The summed E-state index contributed by atoms with van der Waals surface area (Å²) in [6.45, 7) is 2.27. The molecule has 2 aromatic heterocycles. The van der Waals surface area contributed by atoms with Crippen molar-refractivity contribution < 1.29 is 14.3 Å². The number of pyridine rings is 1. The first-order valence-electron chi connectivity index (χ1n) is 9.92. The number of hydrogen-bond acceptors (Lipinski definition) is 7. The van der Waals surface area contributed by atoms with Crippen LogP contribution < -0.4 is 5.32 Å². The molecule has 8 nitrogen and oxygen atoms in total. The lowest BCUT2D eigenvalue weighted by Gasteiger charge is -2.42. The van der Waals surface area contributed by atoms with Gasteiger partial charge in [0.1, 0.15) is 16.7 Å². The van der Waals surface area contributed by atoms with Crippen molar-refractivity contribution in [2.45, 2.75) is 19.3 Å². The third-order valence-corrected chi connectivity index (χ3v) is 6.33. The normalized spacial score (nSPS) is 20.1. The number of likely N-dealkylation sites (tertiary alicyclic amines) is 1. The van der Waals surface area contributed by atoms with Crippen LogP contribution >= 0.6 is 11.5 Å². The highest BCUT2D eigenvalue weighted by atomic mass is 32.1. The summed E-state index contributed by atoms with van der Waals surface area (Å²) in [6, 6.07) is 1.99. The second-order valence-corrected chi connectivity index (χ2v) is 8.54. The van der Waals surface area contributed by atoms with Crippen LogP contribution in [0.3, 0.4) is 0 Å². The Kier molecular flexibility index (Phi) is 4.92. The van der Waals surface area contributed by atoms with E-state index in [9.17, 15) is 9.59 Å². The van der Waals surface area contributed by atoms with Crippen molar-refractivity contribution in [2.24, 2.45) is 5.41 Å². The van der Waals surface area contributed by atoms with E-state index in [1.165, 1.54) is 17.1 Å². The van der Waals surface area contributed by atoms with E-state index in [0.717, 1.165) is 29.8 Å². The predicted octanol–water partition coefficient (Wildman–Crippen LogP) is 2.16. The summed E-state index contributed by atoms with van der Waals surface area (Å²) in [4.78, 5) is 35.2. The lowest BCUT2D eigenvalue weighted by molar-refractivity contribution is -0.156. The molecule has 0 atom stereocenters. The van der Waals surface area contributed by atoms with Gasteiger partial charge in [0.05, 0.1) is 13.2 Å². The maximum atomic E-state index is 12.6. The molecule has 2 saturated heterocycles. The van der Waals surface area contributed by atoms with Gasteiger partial charge in [-0.15, -0.1) is 0 Å². The van der Waals surface area contributed by atoms with Gasteiger partial charge in [0.25, 0.3) is 0 Å². The van der Waals surface area contributed by atoms with Crippen LogP contribution in [0.4, 0.5) is 5.82 Å². The average molecular weight is 423 g/mol. The zero-order chi connectivity index (χ0) is 20.6. The number of carbonyl (C=O) groups excluding carboxylic acids is 2. The predicted molar refractivity (Wildman–Crippen MR) is 113 cm³/mol. The van der Waals surface area contributed by atoms with E-state index in [4.69, 9.17) is 4.74 Å². The molecule has 0 aliphatic carbocycles. The summed E-state index contributed by atoms with van der Waals surface area (Å²) in [5.41, 5.74) is 4.37. The van der Waals surface area contributed by atoms with Crippen molar-refractivity contribution in [2.75, 3.05) is 31.6 Å². The minimum atomic E-state index is -0.458. The summed E-state index contributed by atoms with van der Waals surface area (Å²) >= 11 is 1.34. The summed E-state index contributed by atoms with van der Waals surface area (Å²) in [5.74, 6) is 1.33. The van der Waals surface area contributed by atoms with E-state index in [1.54, 1.807) is 23.9 Å². The third-order valence-electron chi connectivity index (χ3n) is 5.83. The Balaban J connectivity index is 1.21. The molecule has 5 heterocycles. The van der Waals surface area contributed by atoms with Gasteiger partial charge in [-0.2, -0.15) is 4.37 Å². The van der Waals surface area contributed by atoms with Crippen molar-refractivity contribution in [1.29, 1.82) is 0 Å². The molecule has 0 bridgehead atoms. The standard InChI is InChI=1S/C21H21N5O3S/c27-18(26-5-3-14(4-6-26)8-17-23-13-30-25-17)2-1-15-7-16-9-21(11-29-12-21)20(28)24-19(16)22-10-15/h1-2,7-8,10,13H,3-6,9,11-12H2,(H,22,24,28). The molecule has 0 unspecified atom stereocenters. The van der Waals surface area contributed by atoms with Crippen LogP contribution in [0.25, 0.3) is 12.2 Å². The minimum Gasteiger partial charge on any atom is -0.379 e. The smallest absolute Gasteiger partial charge is 0.246 e. The number of amides is 2. The van der Waals surface area contributed by atoms with Crippen LogP contribution in [0.1, 0.15) is 29.8 Å². The summed E-state index contributed by atoms with van der Waals surface area (Å²) in [5, 5.41) is 2.87. The molecule has 0 radical (unpaired) electrons. The van der Waals surface area contributed by atoms with Crippen LogP contribution in [0.2, 0.25) is 0 Å². The van der Waals surface area contributed by atoms with Crippen LogP contribution in [0.5, 0.6) is 0 Å². The van der Waals surface area contributed by atoms with Gasteiger partial charge in [-0.1, -0.05) is 5.57 Å². The minimum absolute atomic E-state index is 0.00396. The highest BCUT2D eigenvalue weighted by Gasteiger charge is 2.49. The second kappa shape index (κ2) is 7.73. The molecule has 1 N–H and O–H groups in total. The van der Waals surface area contributed by atoms with E-state index in [-0.39, 0.29) is 11.8 Å². The topological polar surface area (TPSA) is 97.3 Å². The number of fused-ring (bicyclic) bond motifs is 1. The van der Waals surface area contributed by atoms with E-state index in [2.05, 4.69) is 19.7 Å². The Bertz CT molecular complexity index is 1030. The maximum Gasteiger partial charge on any atom is 0.246 e. The van der Waals surface area contributed by atoms with E-state index in [1.807, 2.05) is 17.0 Å². The van der Waals surface area contributed by atoms with Gasteiger partial charge in [-0.05, 0) is 60.1 Å². The van der Waals surface area contributed by atoms with E-state index in [0.29, 0.717) is 38.5 Å². The molecule has 2 amide bonds. The molecular weight excluding hydrogens is 402 g/mol. The van der Waals surface area contributed by atoms with Gasteiger partial charge in [-0.25, -0.2) is 9.97 Å². The van der Waals surface area contributed by atoms with Crippen molar-refractivity contribution in [3.63, 3.8) is 0 Å². The Morgan fingerprint density at radius 1 is 1.27 bits per heavy atom. The molecule has 2 fully saturated rings. The molecule has 1 spiro atoms. The highest BCUT2D eigenvalue weighted by Crippen LogP contribution is 2.38. The number of nitrogens with zero attached hydrogens (tertiary/aromatic N) is 4. The lowest BCUT2D eigenvalue weighted by Crippen LogP contribution is -2.55. The van der Waals surface area contributed by atoms with Crippen LogP contribution in [-0.4, -0.2) is 57.4 Å².